The SMILES string of the molecule is CCc1nc(Nc2ccc(C(=O)N(c3nccc4cccc(C)c34)[C@@H]3CCCNC3)c(F)c2)ncc1F. The Balaban J connectivity index is 1.51. The van der Waals surface area contributed by atoms with Crippen LogP contribution in [0.3, 0.4) is 0 Å². The molecule has 190 valence electrons. The van der Waals surface area contributed by atoms with Gasteiger partial charge in [-0.1, -0.05) is 25.1 Å². The highest BCUT2D eigenvalue weighted by Gasteiger charge is 2.31. The van der Waals surface area contributed by atoms with E-state index in [0.29, 0.717) is 24.5 Å². The molecular formula is C28H28F2N6O. The van der Waals surface area contributed by atoms with Crippen LogP contribution in [0, 0.1) is 18.6 Å². The van der Waals surface area contributed by atoms with Crippen molar-refractivity contribution >= 4 is 34.1 Å². The Hall–Kier alpha value is -3.98. The third-order valence-corrected chi connectivity index (χ3v) is 6.67. The van der Waals surface area contributed by atoms with Crippen molar-refractivity contribution in [3.05, 3.63) is 83.3 Å². The topological polar surface area (TPSA) is 83.0 Å². The fourth-order valence-electron chi connectivity index (χ4n) is 4.79. The Morgan fingerprint density at radius 2 is 2.03 bits per heavy atom. The maximum atomic E-state index is 15.4. The fraction of sp³-hybridized carbons (Fsp3) is 0.286. The van der Waals surface area contributed by atoms with Crippen molar-refractivity contribution in [3.8, 4) is 0 Å². The number of nitrogens with zero attached hydrogens (tertiary/aromatic N) is 4. The first-order chi connectivity index (χ1) is 18.0. The Labute approximate surface area is 214 Å². The van der Waals surface area contributed by atoms with E-state index < -0.39 is 17.5 Å². The molecule has 0 saturated carbocycles. The second kappa shape index (κ2) is 10.6. The molecule has 1 aliphatic heterocycles. The summed E-state index contributed by atoms with van der Waals surface area (Å²) < 4.78 is 29.2. The first-order valence-electron chi connectivity index (χ1n) is 12.4. The number of aromatic nitrogens is 3. The molecule has 0 radical (unpaired) electrons. The number of hydrogen-bond acceptors (Lipinski definition) is 6. The van der Waals surface area contributed by atoms with Crippen molar-refractivity contribution in [2.45, 2.75) is 39.2 Å². The molecule has 0 aliphatic carbocycles. The van der Waals surface area contributed by atoms with E-state index in [-0.39, 0.29) is 23.2 Å². The van der Waals surface area contributed by atoms with Crippen LogP contribution in [-0.2, 0) is 6.42 Å². The van der Waals surface area contributed by atoms with Gasteiger partial charge in [0, 0.05) is 23.8 Å². The lowest BCUT2D eigenvalue weighted by Crippen LogP contribution is -2.49. The molecule has 3 heterocycles. The number of benzene rings is 2. The average molecular weight is 503 g/mol. The fourth-order valence-corrected chi connectivity index (χ4v) is 4.79. The maximum absolute atomic E-state index is 15.4. The molecule has 0 bridgehead atoms. The minimum Gasteiger partial charge on any atom is -0.324 e. The van der Waals surface area contributed by atoms with Crippen molar-refractivity contribution in [2.75, 3.05) is 23.3 Å². The molecule has 1 saturated heterocycles. The van der Waals surface area contributed by atoms with Gasteiger partial charge in [-0.15, -0.1) is 0 Å². The highest BCUT2D eigenvalue weighted by Crippen LogP contribution is 2.32. The van der Waals surface area contributed by atoms with Gasteiger partial charge in [-0.05, 0) is 67.9 Å². The number of carbonyl (C=O) groups is 1. The van der Waals surface area contributed by atoms with Gasteiger partial charge < -0.3 is 10.6 Å². The van der Waals surface area contributed by atoms with Crippen LogP contribution in [0.4, 0.5) is 26.2 Å². The van der Waals surface area contributed by atoms with E-state index in [1.165, 1.54) is 12.1 Å². The summed E-state index contributed by atoms with van der Waals surface area (Å²) in [6.45, 7) is 5.24. The molecule has 1 aliphatic rings. The molecule has 37 heavy (non-hydrogen) atoms. The number of nitrogens with one attached hydrogen (secondary N) is 2. The van der Waals surface area contributed by atoms with E-state index in [0.717, 1.165) is 41.9 Å². The first kappa shape index (κ1) is 24.7. The number of halogens is 2. The zero-order valence-corrected chi connectivity index (χ0v) is 20.8. The number of anilines is 3. The van der Waals surface area contributed by atoms with Gasteiger partial charge in [0.1, 0.15) is 11.6 Å². The predicted octanol–water partition coefficient (Wildman–Crippen LogP) is 5.32. The van der Waals surface area contributed by atoms with Crippen LogP contribution in [-0.4, -0.2) is 40.0 Å². The molecule has 1 atom stereocenters. The standard InChI is InChI=1S/C28H28F2N6O/c1-3-24-23(30)16-33-28(35-24)34-19-9-10-21(22(29)14-19)27(37)36(20-8-5-12-31-15-20)26-25-17(2)6-4-7-18(25)11-13-32-26/h4,6-7,9-11,13-14,16,20,31H,3,5,8,12,15H2,1-2H3,(H,33,34,35)/t20-/m1/s1. The minimum atomic E-state index is -0.682. The third-order valence-electron chi connectivity index (χ3n) is 6.67. The molecule has 2 aromatic carbocycles. The van der Waals surface area contributed by atoms with E-state index in [2.05, 4.69) is 25.6 Å². The number of pyridine rings is 1. The zero-order chi connectivity index (χ0) is 25.9. The summed E-state index contributed by atoms with van der Waals surface area (Å²) >= 11 is 0. The van der Waals surface area contributed by atoms with Crippen molar-refractivity contribution in [1.29, 1.82) is 0 Å². The largest absolute Gasteiger partial charge is 0.324 e. The summed E-state index contributed by atoms with van der Waals surface area (Å²) in [5.41, 5.74) is 1.55. The van der Waals surface area contributed by atoms with Crippen molar-refractivity contribution in [3.63, 3.8) is 0 Å². The number of hydrogen-bond donors (Lipinski definition) is 2. The van der Waals surface area contributed by atoms with Gasteiger partial charge in [-0.3, -0.25) is 9.69 Å². The van der Waals surface area contributed by atoms with E-state index in [1.807, 2.05) is 31.2 Å². The molecule has 0 spiro atoms. The zero-order valence-electron chi connectivity index (χ0n) is 20.8. The third kappa shape index (κ3) is 4.99. The summed E-state index contributed by atoms with van der Waals surface area (Å²) in [7, 11) is 0. The minimum absolute atomic E-state index is 0.0576. The van der Waals surface area contributed by atoms with Gasteiger partial charge >= 0.3 is 0 Å². The lowest BCUT2D eigenvalue weighted by atomic mass is 10.0. The summed E-state index contributed by atoms with van der Waals surface area (Å²) in [4.78, 5) is 28.3. The summed E-state index contributed by atoms with van der Waals surface area (Å²) in [6, 6.07) is 11.9. The summed E-state index contributed by atoms with van der Waals surface area (Å²) in [6.07, 6.45) is 4.85. The lowest BCUT2D eigenvalue weighted by Gasteiger charge is -2.35. The normalized spacial score (nSPS) is 15.5. The Morgan fingerprint density at radius 3 is 2.78 bits per heavy atom. The van der Waals surface area contributed by atoms with Gasteiger partial charge in [-0.25, -0.2) is 23.7 Å². The molecular weight excluding hydrogens is 474 g/mol. The van der Waals surface area contributed by atoms with E-state index in [4.69, 9.17) is 0 Å². The molecule has 1 amide bonds. The molecule has 9 heteroatoms. The Morgan fingerprint density at radius 1 is 1.16 bits per heavy atom. The van der Waals surface area contributed by atoms with Crippen LogP contribution in [0.5, 0.6) is 0 Å². The van der Waals surface area contributed by atoms with Gasteiger partial charge in [-0.2, -0.15) is 0 Å². The highest BCUT2D eigenvalue weighted by atomic mass is 19.1. The number of amides is 1. The van der Waals surface area contributed by atoms with Crippen LogP contribution < -0.4 is 15.5 Å². The number of rotatable bonds is 6. The molecule has 2 aromatic heterocycles. The highest BCUT2D eigenvalue weighted by molar-refractivity contribution is 6.11. The predicted molar refractivity (Wildman–Crippen MR) is 140 cm³/mol. The summed E-state index contributed by atoms with van der Waals surface area (Å²) in [5.74, 6) is -0.939. The Kier molecular flexibility index (Phi) is 7.05. The number of carbonyl (C=O) groups excluding carboxylic acids is 1. The Bertz CT molecular complexity index is 1450. The van der Waals surface area contributed by atoms with Gasteiger partial charge in [0.05, 0.1) is 23.5 Å². The molecule has 7 nitrogen and oxygen atoms in total. The second-order valence-electron chi connectivity index (χ2n) is 9.14. The van der Waals surface area contributed by atoms with Crippen molar-refractivity contribution < 1.29 is 13.6 Å². The quantitative estimate of drug-likeness (QED) is 0.372. The van der Waals surface area contributed by atoms with Crippen LogP contribution in [0.15, 0.2) is 54.9 Å². The lowest BCUT2D eigenvalue weighted by molar-refractivity contribution is 0.0968. The number of piperidine rings is 1. The van der Waals surface area contributed by atoms with Gasteiger partial charge in [0.25, 0.3) is 5.91 Å². The van der Waals surface area contributed by atoms with E-state index >= 15 is 4.39 Å². The van der Waals surface area contributed by atoms with Crippen LogP contribution in [0.25, 0.3) is 10.8 Å². The maximum Gasteiger partial charge on any atom is 0.262 e. The molecule has 2 N–H and O–H groups in total. The van der Waals surface area contributed by atoms with Crippen molar-refractivity contribution in [2.24, 2.45) is 0 Å². The monoisotopic (exact) mass is 502 g/mol. The summed E-state index contributed by atoms with van der Waals surface area (Å²) in [5, 5.41) is 8.09. The average Bonchev–Trinajstić information content (AvgIpc) is 2.91. The van der Waals surface area contributed by atoms with Gasteiger partial charge in [0.2, 0.25) is 5.95 Å². The van der Waals surface area contributed by atoms with Gasteiger partial charge in [0.15, 0.2) is 5.82 Å². The molecule has 4 aromatic rings. The second-order valence-corrected chi connectivity index (χ2v) is 9.14. The number of fused-ring (bicyclic) bond motifs is 1. The van der Waals surface area contributed by atoms with E-state index in [9.17, 15) is 9.18 Å². The van der Waals surface area contributed by atoms with Crippen LogP contribution in [0.1, 0.15) is 41.4 Å². The van der Waals surface area contributed by atoms with Crippen molar-refractivity contribution in [1.82, 2.24) is 20.3 Å². The van der Waals surface area contributed by atoms with E-state index in [1.54, 1.807) is 24.1 Å². The molecule has 5 rings (SSSR count). The smallest absolute Gasteiger partial charge is 0.262 e. The molecule has 0 unspecified atom stereocenters. The first-order valence-corrected chi connectivity index (χ1v) is 12.4. The molecule has 1 fully saturated rings. The number of aryl methyl sites for hydroxylation is 2. The van der Waals surface area contributed by atoms with Crippen LogP contribution in [0.2, 0.25) is 0 Å². The van der Waals surface area contributed by atoms with Crippen LogP contribution >= 0.6 is 0 Å².